The number of hydrogen-bond acceptors (Lipinski definition) is 1. The Hall–Kier alpha value is -2.43. The van der Waals surface area contributed by atoms with Crippen molar-refractivity contribution in [1.82, 2.24) is 10.6 Å². The van der Waals surface area contributed by atoms with Crippen LogP contribution in [0.1, 0.15) is 24.1 Å². The number of carbonyl (C=O) groups is 1. The first-order valence-electron chi connectivity index (χ1n) is 6.59. The summed E-state index contributed by atoms with van der Waals surface area (Å²) in [6.07, 6.45) is 0. The van der Waals surface area contributed by atoms with E-state index >= 15 is 0 Å². The van der Waals surface area contributed by atoms with Gasteiger partial charge in [0.1, 0.15) is 0 Å². The van der Waals surface area contributed by atoms with Crippen molar-refractivity contribution in [2.45, 2.75) is 19.5 Å². The molecule has 2 aromatic rings. The summed E-state index contributed by atoms with van der Waals surface area (Å²) in [7, 11) is 0. The fourth-order valence-corrected chi connectivity index (χ4v) is 1.89. The fraction of sp³-hybridized carbons (Fsp3) is 0.188. The predicted octanol–water partition coefficient (Wildman–Crippen LogP) is 3.53. The van der Waals surface area contributed by atoms with E-state index in [1.165, 1.54) is 6.07 Å². The molecule has 0 saturated heterocycles. The Balaban J connectivity index is 1.88. The molecule has 2 rings (SSSR count). The summed E-state index contributed by atoms with van der Waals surface area (Å²) in [4.78, 5) is 11.8. The second kappa shape index (κ2) is 6.83. The SMILES string of the molecule is C[C@@H](NC(=O)NCc1ccccc1)c1ccc(F)c(F)c1. The summed E-state index contributed by atoms with van der Waals surface area (Å²) in [6.45, 7) is 2.10. The lowest BCUT2D eigenvalue weighted by atomic mass is 10.1. The summed E-state index contributed by atoms with van der Waals surface area (Å²) in [5.74, 6) is -1.83. The second-order valence-electron chi connectivity index (χ2n) is 4.71. The Kier molecular flexibility index (Phi) is 4.87. The van der Waals surface area contributed by atoms with Crippen LogP contribution < -0.4 is 10.6 Å². The van der Waals surface area contributed by atoms with E-state index in [2.05, 4.69) is 10.6 Å². The van der Waals surface area contributed by atoms with Crippen LogP contribution in [0.3, 0.4) is 0 Å². The average molecular weight is 290 g/mol. The third kappa shape index (κ3) is 4.27. The highest BCUT2D eigenvalue weighted by Crippen LogP contribution is 2.15. The van der Waals surface area contributed by atoms with Gasteiger partial charge in [-0.15, -0.1) is 0 Å². The number of benzene rings is 2. The molecule has 0 saturated carbocycles. The summed E-state index contributed by atoms with van der Waals surface area (Å²) in [5.41, 5.74) is 1.48. The molecule has 2 N–H and O–H groups in total. The molecule has 2 amide bonds. The molecule has 0 spiro atoms. The highest BCUT2D eigenvalue weighted by Gasteiger charge is 2.11. The highest BCUT2D eigenvalue weighted by atomic mass is 19.2. The maximum absolute atomic E-state index is 13.1. The molecule has 3 nitrogen and oxygen atoms in total. The normalized spacial score (nSPS) is 11.8. The standard InChI is InChI=1S/C16H16F2N2O/c1-11(13-7-8-14(17)15(18)9-13)20-16(21)19-10-12-5-3-2-4-6-12/h2-9,11H,10H2,1H3,(H2,19,20,21)/t11-/m1/s1. The first-order valence-corrected chi connectivity index (χ1v) is 6.59. The zero-order valence-corrected chi connectivity index (χ0v) is 11.6. The average Bonchev–Trinajstić information content (AvgIpc) is 2.49. The number of carbonyl (C=O) groups excluding carboxylic acids is 1. The van der Waals surface area contributed by atoms with Gasteiger partial charge in [0, 0.05) is 6.54 Å². The van der Waals surface area contributed by atoms with Gasteiger partial charge < -0.3 is 10.6 Å². The van der Waals surface area contributed by atoms with Gasteiger partial charge in [0.15, 0.2) is 11.6 Å². The van der Waals surface area contributed by atoms with Crippen LogP contribution in [0.25, 0.3) is 0 Å². The van der Waals surface area contributed by atoms with E-state index in [-0.39, 0.29) is 6.03 Å². The molecule has 110 valence electrons. The van der Waals surface area contributed by atoms with Crippen LogP contribution in [0, 0.1) is 11.6 Å². The van der Waals surface area contributed by atoms with Gasteiger partial charge >= 0.3 is 6.03 Å². The molecule has 0 fully saturated rings. The molecular weight excluding hydrogens is 274 g/mol. The number of amides is 2. The maximum atomic E-state index is 13.1. The van der Waals surface area contributed by atoms with Crippen molar-refractivity contribution in [2.75, 3.05) is 0 Å². The first kappa shape index (κ1) is 15.0. The Labute approximate surface area is 122 Å². The van der Waals surface area contributed by atoms with Crippen LogP contribution in [0.4, 0.5) is 13.6 Å². The molecule has 0 aliphatic rings. The maximum Gasteiger partial charge on any atom is 0.315 e. The minimum absolute atomic E-state index is 0.365. The summed E-state index contributed by atoms with van der Waals surface area (Å²) >= 11 is 0. The van der Waals surface area contributed by atoms with Crippen LogP contribution in [-0.4, -0.2) is 6.03 Å². The second-order valence-corrected chi connectivity index (χ2v) is 4.71. The summed E-state index contributed by atoms with van der Waals surface area (Å²) in [5, 5.41) is 5.38. The largest absolute Gasteiger partial charge is 0.334 e. The Morgan fingerprint density at radius 3 is 2.48 bits per heavy atom. The Bertz CT molecular complexity index is 617. The summed E-state index contributed by atoms with van der Waals surface area (Å²) < 4.78 is 26.0. The van der Waals surface area contributed by atoms with E-state index in [4.69, 9.17) is 0 Å². The van der Waals surface area contributed by atoms with E-state index in [1.807, 2.05) is 30.3 Å². The van der Waals surface area contributed by atoms with Crippen LogP contribution >= 0.6 is 0 Å². The minimum atomic E-state index is -0.925. The highest BCUT2D eigenvalue weighted by molar-refractivity contribution is 5.74. The van der Waals surface area contributed by atoms with E-state index in [0.717, 1.165) is 17.7 Å². The molecular formula is C16H16F2N2O. The van der Waals surface area contributed by atoms with Crippen LogP contribution in [0.15, 0.2) is 48.5 Å². The Morgan fingerprint density at radius 2 is 1.81 bits per heavy atom. The minimum Gasteiger partial charge on any atom is -0.334 e. The monoisotopic (exact) mass is 290 g/mol. The van der Waals surface area contributed by atoms with Gasteiger partial charge in [-0.2, -0.15) is 0 Å². The van der Waals surface area contributed by atoms with E-state index in [0.29, 0.717) is 12.1 Å². The van der Waals surface area contributed by atoms with Crippen molar-refractivity contribution in [1.29, 1.82) is 0 Å². The van der Waals surface area contributed by atoms with Crippen LogP contribution in [0.5, 0.6) is 0 Å². The summed E-state index contributed by atoms with van der Waals surface area (Å²) in [6, 6.07) is 12.3. The lowest BCUT2D eigenvalue weighted by Gasteiger charge is -2.15. The van der Waals surface area contributed by atoms with Crippen molar-refractivity contribution >= 4 is 6.03 Å². The lowest BCUT2D eigenvalue weighted by Crippen LogP contribution is -2.36. The van der Waals surface area contributed by atoms with E-state index in [1.54, 1.807) is 6.92 Å². The molecule has 5 heteroatoms. The number of nitrogens with one attached hydrogen (secondary N) is 2. The number of urea groups is 1. The molecule has 0 unspecified atom stereocenters. The Morgan fingerprint density at radius 1 is 1.10 bits per heavy atom. The van der Waals surface area contributed by atoms with Crippen molar-refractivity contribution in [3.8, 4) is 0 Å². The van der Waals surface area contributed by atoms with Crippen LogP contribution in [0.2, 0.25) is 0 Å². The number of rotatable bonds is 4. The van der Waals surface area contributed by atoms with E-state index < -0.39 is 17.7 Å². The smallest absolute Gasteiger partial charge is 0.315 e. The van der Waals surface area contributed by atoms with Crippen molar-refractivity contribution < 1.29 is 13.6 Å². The van der Waals surface area contributed by atoms with Gasteiger partial charge in [-0.3, -0.25) is 0 Å². The van der Waals surface area contributed by atoms with Crippen molar-refractivity contribution in [2.24, 2.45) is 0 Å². The third-order valence-corrected chi connectivity index (χ3v) is 3.09. The third-order valence-electron chi connectivity index (χ3n) is 3.09. The van der Waals surface area contributed by atoms with Crippen LogP contribution in [-0.2, 0) is 6.54 Å². The van der Waals surface area contributed by atoms with Gasteiger partial charge in [-0.1, -0.05) is 36.4 Å². The van der Waals surface area contributed by atoms with Crippen molar-refractivity contribution in [3.63, 3.8) is 0 Å². The first-order chi connectivity index (χ1) is 10.1. The predicted molar refractivity (Wildman–Crippen MR) is 76.6 cm³/mol. The zero-order valence-electron chi connectivity index (χ0n) is 11.6. The number of halogens is 2. The van der Waals surface area contributed by atoms with Gasteiger partial charge in [-0.05, 0) is 30.2 Å². The van der Waals surface area contributed by atoms with Gasteiger partial charge in [0.05, 0.1) is 6.04 Å². The van der Waals surface area contributed by atoms with Gasteiger partial charge in [0.25, 0.3) is 0 Å². The lowest BCUT2D eigenvalue weighted by molar-refractivity contribution is 0.237. The molecule has 2 aromatic carbocycles. The number of hydrogen-bond donors (Lipinski definition) is 2. The molecule has 1 atom stereocenters. The molecule has 0 radical (unpaired) electrons. The molecule has 21 heavy (non-hydrogen) atoms. The molecule has 0 heterocycles. The molecule has 0 aromatic heterocycles. The quantitative estimate of drug-likeness (QED) is 0.888. The van der Waals surface area contributed by atoms with Gasteiger partial charge in [-0.25, -0.2) is 13.6 Å². The fourth-order valence-electron chi connectivity index (χ4n) is 1.89. The van der Waals surface area contributed by atoms with Gasteiger partial charge in [0.2, 0.25) is 0 Å². The van der Waals surface area contributed by atoms with E-state index in [9.17, 15) is 13.6 Å². The topological polar surface area (TPSA) is 41.1 Å². The molecule has 0 bridgehead atoms. The molecule has 0 aliphatic carbocycles. The zero-order chi connectivity index (χ0) is 15.2. The van der Waals surface area contributed by atoms with Crippen molar-refractivity contribution in [3.05, 3.63) is 71.3 Å². The molecule has 0 aliphatic heterocycles.